The molecule has 150 valence electrons. The van der Waals surface area contributed by atoms with E-state index in [-0.39, 0.29) is 17.8 Å². The lowest BCUT2D eigenvalue weighted by Crippen LogP contribution is -2.16. The molecule has 1 aromatic heterocycles. The van der Waals surface area contributed by atoms with Crippen molar-refractivity contribution >= 4 is 11.7 Å². The largest absolute Gasteiger partial charge is 0.306 e. The van der Waals surface area contributed by atoms with Crippen molar-refractivity contribution in [3.8, 4) is 11.1 Å². The first-order valence-corrected chi connectivity index (χ1v) is 8.80. The maximum atomic E-state index is 14.1. The Bertz CT molecular complexity index is 1040. The summed E-state index contributed by atoms with van der Waals surface area (Å²) >= 11 is 0. The minimum atomic E-state index is -2.86. The second-order valence-electron chi connectivity index (χ2n) is 6.75. The monoisotopic (exact) mass is 402 g/mol. The van der Waals surface area contributed by atoms with Crippen molar-refractivity contribution in [1.29, 1.82) is 0 Å². The fourth-order valence-corrected chi connectivity index (χ4v) is 3.32. The third-order valence-electron chi connectivity index (χ3n) is 4.79. The normalized spacial score (nSPS) is 15.3. The topological polar surface area (TPSA) is 42.0 Å². The first kappa shape index (κ1) is 20.5. The molecule has 0 fully saturated rings. The number of carbonyl (C=O) groups excluding carboxylic acids is 1. The van der Waals surface area contributed by atoms with Gasteiger partial charge in [-0.1, -0.05) is 19.2 Å². The third kappa shape index (κ3) is 3.99. The molecule has 3 nitrogen and oxygen atoms in total. The van der Waals surface area contributed by atoms with Gasteiger partial charge in [-0.3, -0.25) is 4.79 Å². The SMILES string of the molecule is C=C/C(F)=C(\C(=C)F)C(=O)Nc1ccc(-c2cc3c(cc2C)CCC3(F)F)cn1. The fourth-order valence-electron chi connectivity index (χ4n) is 3.32. The molecule has 7 heteroatoms. The highest BCUT2D eigenvalue weighted by atomic mass is 19.3. The van der Waals surface area contributed by atoms with Gasteiger partial charge in [0.25, 0.3) is 11.8 Å². The van der Waals surface area contributed by atoms with E-state index in [2.05, 4.69) is 23.5 Å². The summed E-state index contributed by atoms with van der Waals surface area (Å²) in [5.41, 5.74) is 1.80. The molecule has 0 saturated carbocycles. The molecule has 0 spiro atoms. The van der Waals surface area contributed by atoms with Crippen molar-refractivity contribution in [2.24, 2.45) is 0 Å². The number of nitrogens with one attached hydrogen (secondary N) is 1. The summed E-state index contributed by atoms with van der Waals surface area (Å²) in [6.07, 6.45) is 2.23. The molecule has 29 heavy (non-hydrogen) atoms. The first-order valence-electron chi connectivity index (χ1n) is 8.80. The summed E-state index contributed by atoms with van der Waals surface area (Å²) in [4.78, 5) is 16.1. The van der Waals surface area contributed by atoms with Gasteiger partial charge in [-0.2, -0.15) is 0 Å². The zero-order valence-electron chi connectivity index (χ0n) is 15.7. The lowest BCUT2D eigenvalue weighted by molar-refractivity contribution is -0.112. The molecule has 1 amide bonds. The molecule has 1 heterocycles. The van der Waals surface area contributed by atoms with Crippen LogP contribution in [0.1, 0.15) is 23.1 Å². The highest BCUT2D eigenvalue weighted by molar-refractivity contribution is 6.06. The van der Waals surface area contributed by atoms with Crippen LogP contribution in [0.4, 0.5) is 23.4 Å². The van der Waals surface area contributed by atoms with Gasteiger partial charge < -0.3 is 5.32 Å². The number of halogens is 4. The Morgan fingerprint density at radius 3 is 2.59 bits per heavy atom. The van der Waals surface area contributed by atoms with Crippen molar-refractivity contribution in [2.75, 3.05) is 5.32 Å². The van der Waals surface area contributed by atoms with Crippen LogP contribution in [-0.4, -0.2) is 10.9 Å². The van der Waals surface area contributed by atoms with Gasteiger partial charge >= 0.3 is 0 Å². The molecule has 0 unspecified atom stereocenters. The van der Waals surface area contributed by atoms with Gasteiger partial charge in [0.15, 0.2) is 0 Å². The maximum absolute atomic E-state index is 14.1. The Labute approximate surface area is 165 Å². The van der Waals surface area contributed by atoms with Crippen LogP contribution < -0.4 is 5.32 Å². The van der Waals surface area contributed by atoms with Crippen LogP contribution in [0.3, 0.4) is 0 Å². The Morgan fingerprint density at radius 2 is 2.00 bits per heavy atom. The Balaban J connectivity index is 1.88. The molecule has 1 N–H and O–H groups in total. The van der Waals surface area contributed by atoms with E-state index in [9.17, 15) is 22.4 Å². The average Bonchev–Trinajstić information content (AvgIpc) is 2.95. The number of hydrogen-bond acceptors (Lipinski definition) is 2. The van der Waals surface area contributed by atoms with Gasteiger partial charge in [-0.15, -0.1) is 0 Å². The Kier molecular flexibility index (Phi) is 5.42. The molecule has 0 saturated heterocycles. The highest BCUT2D eigenvalue weighted by Gasteiger charge is 2.39. The van der Waals surface area contributed by atoms with Gasteiger partial charge in [-0.25, -0.2) is 22.5 Å². The van der Waals surface area contributed by atoms with Crippen LogP contribution in [-0.2, 0) is 17.1 Å². The number of aromatic nitrogens is 1. The summed E-state index contributed by atoms with van der Waals surface area (Å²) in [5, 5.41) is 2.27. The molecule has 2 aromatic rings. The van der Waals surface area contributed by atoms with E-state index >= 15 is 0 Å². The van der Waals surface area contributed by atoms with Crippen LogP contribution >= 0.6 is 0 Å². The fraction of sp³-hybridized carbons (Fsp3) is 0.182. The number of anilines is 1. The minimum absolute atomic E-state index is 0.0200. The lowest BCUT2D eigenvalue weighted by Gasteiger charge is -2.14. The van der Waals surface area contributed by atoms with Gasteiger partial charge in [0.1, 0.15) is 23.0 Å². The number of carbonyl (C=O) groups is 1. The number of amides is 1. The van der Waals surface area contributed by atoms with Gasteiger partial charge in [0.05, 0.1) is 0 Å². The van der Waals surface area contributed by atoms with Crippen molar-refractivity contribution in [2.45, 2.75) is 25.7 Å². The van der Waals surface area contributed by atoms with Crippen LogP contribution in [0, 0.1) is 6.92 Å². The zero-order chi connectivity index (χ0) is 21.3. The predicted molar refractivity (Wildman–Crippen MR) is 104 cm³/mol. The lowest BCUT2D eigenvalue weighted by atomic mass is 9.96. The molecule has 1 aliphatic carbocycles. The summed E-state index contributed by atoms with van der Waals surface area (Å²) < 4.78 is 55.1. The summed E-state index contributed by atoms with van der Waals surface area (Å²) in [7, 11) is 0. The Morgan fingerprint density at radius 1 is 1.28 bits per heavy atom. The van der Waals surface area contributed by atoms with Gasteiger partial charge in [-0.05, 0) is 54.3 Å². The molecule has 0 radical (unpaired) electrons. The average molecular weight is 402 g/mol. The van der Waals surface area contributed by atoms with Crippen molar-refractivity contribution in [1.82, 2.24) is 4.98 Å². The van der Waals surface area contributed by atoms with Crippen molar-refractivity contribution < 1.29 is 22.4 Å². The van der Waals surface area contributed by atoms with Crippen LogP contribution in [0.5, 0.6) is 0 Å². The summed E-state index contributed by atoms with van der Waals surface area (Å²) in [5.74, 6) is -6.28. The third-order valence-corrected chi connectivity index (χ3v) is 4.79. The number of benzene rings is 1. The second-order valence-corrected chi connectivity index (χ2v) is 6.75. The second kappa shape index (κ2) is 7.66. The van der Waals surface area contributed by atoms with Crippen LogP contribution in [0.15, 0.2) is 66.9 Å². The van der Waals surface area contributed by atoms with E-state index in [0.29, 0.717) is 29.2 Å². The van der Waals surface area contributed by atoms with Crippen LogP contribution in [0.25, 0.3) is 11.1 Å². The van der Waals surface area contributed by atoms with E-state index in [1.54, 1.807) is 12.1 Å². The molecule has 0 aliphatic heterocycles. The van der Waals surface area contributed by atoms with Gasteiger partial charge in [0.2, 0.25) is 0 Å². The number of aryl methyl sites for hydroxylation is 2. The summed E-state index contributed by atoms with van der Waals surface area (Å²) in [6, 6.07) is 6.23. The minimum Gasteiger partial charge on any atom is -0.306 e. The van der Waals surface area contributed by atoms with E-state index in [4.69, 9.17) is 0 Å². The van der Waals surface area contributed by atoms with Crippen molar-refractivity contribution in [3.63, 3.8) is 0 Å². The molecule has 0 atom stereocenters. The first-order chi connectivity index (χ1) is 13.6. The number of allylic oxidation sites excluding steroid dienone is 2. The number of pyridine rings is 1. The number of alkyl halides is 2. The van der Waals surface area contributed by atoms with Crippen LogP contribution in [0.2, 0.25) is 0 Å². The Hall–Kier alpha value is -3.22. The molecular formula is C22H18F4N2O. The highest BCUT2D eigenvalue weighted by Crippen LogP contribution is 2.44. The standard InChI is InChI=1S/C22H18F4N2O/c1-4-18(24)20(13(3)23)21(29)28-19-6-5-15(11-27-19)16-10-17-14(9-12(16)2)7-8-22(17,25)26/h4-6,9-11H,1,3,7-8H2,2H3,(H,27,28,29)/b20-18-. The van der Waals surface area contributed by atoms with E-state index in [0.717, 1.165) is 5.56 Å². The molecule has 1 aromatic carbocycles. The summed E-state index contributed by atoms with van der Waals surface area (Å²) in [6.45, 7) is 7.91. The predicted octanol–water partition coefficient (Wildman–Crippen LogP) is 5.93. The van der Waals surface area contributed by atoms with E-state index in [1.165, 1.54) is 18.3 Å². The zero-order valence-corrected chi connectivity index (χ0v) is 15.7. The van der Waals surface area contributed by atoms with Gasteiger partial charge in [0, 0.05) is 23.7 Å². The molecule has 1 aliphatic rings. The number of fused-ring (bicyclic) bond motifs is 1. The molecular weight excluding hydrogens is 384 g/mol. The van der Waals surface area contributed by atoms with Crippen molar-refractivity contribution in [3.05, 3.63) is 83.6 Å². The number of hydrogen-bond donors (Lipinski definition) is 1. The molecule has 3 rings (SSSR count). The van der Waals surface area contributed by atoms with E-state index < -0.39 is 29.1 Å². The number of nitrogens with zero attached hydrogens (tertiary/aromatic N) is 1. The smallest absolute Gasteiger partial charge is 0.273 e. The number of rotatable bonds is 5. The quantitative estimate of drug-likeness (QED) is 0.383. The van der Waals surface area contributed by atoms with E-state index in [1.807, 2.05) is 6.92 Å². The maximum Gasteiger partial charge on any atom is 0.273 e. The molecule has 0 bridgehead atoms.